The number of hydrogen-bond donors (Lipinski definition) is 1. The molecule has 2 atom stereocenters. The molecule has 2 saturated carbocycles. The van der Waals surface area contributed by atoms with E-state index >= 15 is 0 Å². The third-order valence-electron chi connectivity index (χ3n) is 4.07. The van der Waals surface area contributed by atoms with Crippen molar-refractivity contribution in [2.45, 2.75) is 77.7 Å². The second-order valence-corrected chi connectivity index (χ2v) is 5.67. The van der Waals surface area contributed by atoms with E-state index in [1.165, 1.54) is 57.8 Å². The normalized spacial score (nSPS) is 33.0. The zero-order valence-corrected chi connectivity index (χ0v) is 10.7. The highest BCUT2D eigenvalue weighted by Crippen LogP contribution is 2.22. The number of rotatable bonds is 0. The van der Waals surface area contributed by atoms with Crippen LogP contribution in [0, 0.1) is 11.8 Å². The van der Waals surface area contributed by atoms with Crippen molar-refractivity contribution in [3.05, 3.63) is 0 Å². The predicted molar refractivity (Wildman–Crippen MR) is 67.9 cm³/mol. The zero-order valence-electron chi connectivity index (χ0n) is 10.7. The van der Waals surface area contributed by atoms with Gasteiger partial charge in [0, 0.05) is 6.04 Å². The summed E-state index contributed by atoms with van der Waals surface area (Å²) in [5, 5.41) is 0. The fraction of sp³-hybridized carbons (Fsp3) is 1.00. The fourth-order valence-corrected chi connectivity index (χ4v) is 2.65. The summed E-state index contributed by atoms with van der Waals surface area (Å²) in [5.74, 6) is 1.82. The smallest absolute Gasteiger partial charge is 0.00645 e. The molecule has 2 unspecified atom stereocenters. The van der Waals surface area contributed by atoms with Crippen molar-refractivity contribution in [2.24, 2.45) is 17.6 Å². The molecule has 0 radical (unpaired) electrons. The monoisotopic (exact) mass is 211 g/mol. The lowest BCUT2D eigenvalue weighted by Gasteiger charge is -2.24. The molecular weight excluding hydrogens is 182 g/mol. The average molecular weight is 211 g/mol. The maximum Gasteiger partial charge on any atom is 0.00645 e. The molecule has 90 valence electrons. The van der Waals surface area contributed by atoms with Crippen LogP contribution in [-0.2, 0) is 0 Å². The van der Waals surface area contributed by atoms with Crippen LogP contribution in [0.2, 0.25) is 0 Å². The van der Waals surface area contributed by atoms with Gasteiger partial charge in [-0.05, 0) is 24.7 Å². The van der Waals surface area contributed by atoms with Crippen LogP contribution in [0.5, 0.6) is 0 Å². The molecule has 0 heterocycles. The van der Waals surface area contributed by atoms with Crippen molar-refractivity contribution in [3.8, 4) is 0 Å². The van der Waals surface area contributed by atoms with E-state index in [1.54, 1.807) is 0 Å². The van der Waals surface area contributed by atoms with Gasteiger partial charge in [0.25, 0.3) is 0 Å². The lowest BCUT2D eigenvalue weighted by Crippen LogP contribution is -2.30. The molecule has 15 heavy (non-hydrogen) atoms. The number of nitrogens with two attached hydrogens (primary N) is 1. The van der Waals surface area contributed by atoms with Gasteiger partial charge in [0.15, 0.2) is 0 Å². The topological polar surface area (TPSA) is 26.0 Å². The maximum absolute atomic E-state index is 5.78. The standard InChI is InChI=1S/C7H15N.C7H14/c1-6-4-2-3-5-7(6)8;1-7-5-3-2-4-6-7/h6-7H,2-5,8H2,1H3;7H,2-6H2,1H3. The molecular formula is C14H29N. The minimum absolute atomic E-state index is 0.503. The summed E-state index contributed by atoms with van der Waals surface area (Å²) in [5.41, 5.74) is 5.78. The van der Waals surface area contributed by atoms with Gasteiger partial charge in [0.2, 0.25) is 0 Å². The van der Waals surface area contributed by atoms with Gasteiger partial charge in [-0.15, -0.1) is 0 Å². The molecule has 0 spiro atoms. The first kappa shape index (κ1) is 13.0. The second-order valence-electron chi connectivity index (χ2n) is 5.67. The lowest BCUT2D eigenvalue weighted by atomic mass is 9.87. The summed E-state index contributed by atoms with van der Waals surface area (Å²) in [6.07, 6.45) is 12.8. The fourth-order valence-electron chi connectivity index (χ4n) is 2.65. The van der Waals surface area contributed by atoms with E-state index in [9.17, 15) is 0 Å². The second kappa shape index (κ2) is 7.27. The molecule has 1 nitrogen and oxygen atoms in total. The molecule has 1 heteroatoms. The van der Waals surface area contributed by atoms with Crippen LogP contribution in [0.15, 0.2) is 0 Å². The molecule has 0 saturated heterocycles. The highest BCUT2D eigenvalue weighted by molar-refractivity contribution is 4.73. The van der Waals surface area contributed by atoms with E-state index in [1.807, 2.05) is 0 Å². The van der Waals surface area contributed by atoms with Crippen LogP contribution in [0.25, 0.3) is 0 Å². The summed E-state index contributed by atoms with van der Waals surface area (Å²) >= 11 is 0. The van der Waals surface area contributed by atoms with Crippen LogP contribution >= 0.6 is 0 Å². The predicted octanol–water partition coefficient (Wildman–Crippen LogP) is 4.11. The molecule has 0 bridgehead atoms. The van der Waals surface area contributed by atoms with Crippen LogP contribution in [0.3, 0.4) is 0 Å². The summed E-state index contributed by atoms with van der Waals surface area (Å²) in [7, 11) is 0. The molecule has 0 aromatic carbocycles. The van der Waals surface area contributed by atoms with E-state index in [0.29, 0.717) is 6.04 Å². The van der Waals surface area contributed by atoms with Gasteiger partial charge >= 0.3 is 0 Å². The highest BCUT2D eigenvalue weighted by atomic mass is 14.6. The summed E-state index contributed by atoms with van der Waals surface area (Å²) in [4.78, 5) is 0. The number of hydrogen-bond acceptors (Lipinski definition) is 1. The van der Waals surface area contributed by atoms with Crippen molar-refractivity contribution >= 4 is 0 Å². The van der Waals surface area contributed by atoms with Crippen molar-refractivity contribution in [2.75, 3.05) is 0 Å². The molecule has 0 aromatic heterocycles. The molecule has 2 fully saturated rings. The SMILES string of the molecule is CC1CCCCC1.CC1CCCCC1N. The minimum atomic E-state index is 0.503. The maximum atomic E-state index is 5.78. The van der Waals surface area contributed by atoms with Gasteiger partial charge in [0.1, 0.15) is 0 Å². The van der Waals surface area contributed by atoms with Crippen molar-refractivity contribution in [1.29, 1.82) is 0 Å². The Morgan fingerprint density at radius 2 is 1.27 bits per heavy atom. The average Bonchev–Trinajstić information content (AvgIpc) is 2.25. The van der Waals surface area contributed by atoms with Crippen molar-refractivity contribution in [3.63, 3.8) is 0 Å². The van der Waals surface area contributed by atoms with Gasteiger partial charge < -0.3 is 5.73 Å². The van der Waals surface area contributed by atoms with Crippen molar-refractivity contribution < 1.29 is 0 Å². The van der Waals surface area contributed by atoms with Crippen LogP contribution in [-0.4, -0.2) is 6.04 Å². The van der Waals surface area contributed by atoms with E-state index < -0.39 is 0 Å². The van der Waals surface area contributed by atoms with Gasteiger partial charge in [0.05, 0.1) is 0 Å². The molecule has 2 rings (SSSR count). The summed E-state index contributed by atoms with van der Waals surface area (Å²) < 4.78 is 0. The first-order valence-electron chi connectivity index (χ1n) is 6.95. The van der Waals surface area contributed by atoms with Gasteiger partial charge in [-0.2, -0.15) is 0 Å². The molecule has 0 amide bonds. The third kappa shape index (κ3) is 5.55. The summed E-state index contributed by atoms with van der Waals surface area (Å²) in [6.45, 7) is 4.61. The minimum Gasteiger partial charge on any atom is -0.327 e. The zero-order chi connectivity index (χ0) is 11.1. The Morgan fingerprint density at radius 1 is 0.733 bits per heavy atom. The third-order valence-corrected chi connectivity index (χ3v) is 4.07. The highest BCUT2D eigenvalue weighted by Gasteiger charge is 2.16. The Labute approximate surface area is 95.8 Å². The summed E-state index contributed by atoms with van der Waals surface area (Å²) in [6, 6.07) is 0.503. The Hall–Kier alpha value is -0.0400. The Kier molecular flexibility index (Phi) is 6.31. The van der Waals surface area contributed by atoms with E-state index in [0.717, 1.165) is 11.8 Å². The van der Waals surface area contributed by atoms with Crippen LogP contribution in [0.4, 0.5) is 0 Å². The molecule has 0 aromatic rings. The quantitative estimate of drug-likeness (QED) is 0.641. The molecule has 0 aliphatic heterocycles. The first-order chi connectivity index (χ1) is 7.20. The first-order valence-corrected chi connectivity index (χ1v) is 6.95. The van der Waals surface area contributed by atoms with Crippen LogP contribution < -0.4 is 5.73 Å². The Bertz CT molecular complexity index is 139. The largest absolute Gasteiger partial charge is 0.327 e. The van der Waals surface area contributed by atoms with E-state index in [-0.39, 0.29) is 0 Å². The van der Waals surface area contributed by atoms with Gasteiger partial charge in [-0.25, -0.2) is 0 Å². The molecule has 2 aliphatic rings. The van der Waals surface area contributed by atoms with E-state index in [2.05, 4.69) is 13.8 Å². The van der Waals surface area contributed by atoms with Crippen molar-refractivity contribution in [1.82, 2.24) is 0 Å². The lowest BCUT2D eigenvalue weighted by molar-refractivity contribution is 0.331. The van der Waals surface area contributed by atoms with Crippen LogP contribution in [0.1, 0.15) is 71.6 Å². The van der Waals surface area contributed by atoms with E-state index in [4.69, 9.17) is 5.73 Å². The Morgan fingerprint density at radius 3 is 1.60 bits per heavy atom. The molecule has 2 N–H and O–H groups in total. The van der Waals surface area contributed by atoms with Gasteiger partial charge in [-0.1, -0.05) is 58.8 Å². The Balaban J connectivity index is 0.000000151. The molecule has 2 aliphatic carbocycles. The van der Waals surface area contributed by atoms with Gasteiger partial charge in [-0.3, -0.25) is 0 Å².